The molecule has 0 saturated heterocycles. The van der Waals surface area contributed by atoms with Crippen LogP contribution in [0.5, 0.6) is 0 Å². The van der Waals surface area contributed by atoms with Gasteiger partial charge in [0, 0.05) is 17.8 Å². The number of hydrogen-bond acceptors (Lipinski definition) is 6. The van der Waals surface area contributed by atoms with E-state index < -0.39 is 16.9 Å². The van der Waals surface area contributed by atoms with Crippen molar-refractivity contribution in [2.45, 2.75) is 13.0 Å². The number of benzene rings is 1. The summed E-state index contributed by atoms with van der Waals surface area (Å²) in [4.78, 5) is 27.5. The van der Waals surface area contributed by atoms with Crippen molar-refractivity contribution < 1.29 is 15.2 Å². The third kappa shape index (κ3) is 5.71. The molecule has 0 bridgehead atoms. The first-order valence-electron chi connectivity index (χ1n) is 7.85. The lowest BCUT2D eigenvalue weighted by atomic mass is 10.0. The number of pyridine rings is 1. The summed E-state index contributed by atoms with van der Waals surface area (Å²) in [6.07, 6.45) is 3.04. The van der Waals surface area contributed by atoms with Gasteiger partial charge in [0.05, 0.1) is 33.8 Å². The van der Waals surface area contributed by atoms with Crippen LogP contribution in [0.15, 0.2) is 36.7 Å². The zero-order valence-electron chi connectivity index (χ0n) is 15.5. The molecule has 0 aliphatic rings. The quantitative estimate of drug-likeness (QED) is 0.139. The van der Waals surface area contributed by atoms with Crippen LogP contribution in [0.3, 0.4) is 0 Å². The summed E-state index contributed by atoms with van der Waals surface area (Å²) in [5.74, 6) is -0.814. The fraction of sp³-hybridized carbons (Fsp3) is 0.125. The monoisotopic (exact) mass is 546 g/mol. The molecule has 0 aliphatic heterocycles. The van der Waals surface area contributed by atoms with Gasteiger partial charge in [-0.05, 0) is 25.1 Å². The van der Waals surface area contributed by atoms with Gasteiger partial charge >= 0.3 is 0 Å². The maximum absolute atomic E-state index is 12.6. The Bertz CT molecular complexity index is 1060. The second-order valence-corrected chi connectivity index (χ2v) is 5.76. The Labute approximate surface area is 191 Å². The number of aromatic amines is 1. The van der Waals surface area contributed by atoms with Crippen LogP contribution in [0.2, 0.25) is 0 Å². The number of nitro benzene ring substituents is 1. The van der Waals surface area contributed by atoms with E-state index >= 15 is 0 Å². The lowest BCUT2D eigenvalue weighted by Crippen LogP contribution is -2.32. The summed E-state index contributed by atoms with van der Waals surface area (Å²) in [5, 5.41) is 31.2. The number of halogens is 2. The van der Waals surface area contributed by atoms with Crippen molar-refractivity contribution in [3.8, 4) is 0 Å². The van der Waals surface area contributed by atoms with Crippen LogP contribution in [0.4, 0.5) is 11.4 Å². The topological polar surface area (TPSA) is 207 Å². The number of nitrogens with one attached hydrogen (secondary N) is 4. The zero-order chi connectivity index (χ0) is 19.6. The summed E-state index contributed by atoms with van der Waals surface area (Å²) < 4.78 is 0. The number of H-pyrrole nitrogens is 1. The minimum Gasteiger partial charge on any atom is -0.412 e. The fourth-order valence-corrected chi connectivity index (χ4v) is 2.67. The van der Waals surface area contributed by atoms with Crippen LogP contribution in [0.25, 0.3) is 11.0 Å². The van der Waals surface area contributed by atoms with Gasteiger partial charge in [-0.3, -0.25) is 25.4 Å². The molecule has 0 spiro atoms. The normalized spacial score (nSPS) is 10.6. The molecule has 30 heavy (non-hydrogen) atoms. The first-order valence-corrected chi connectivity index (χ1v) is 7.85. The van der Waals surface area contributed by atoms with Gasteiger partial charge < -0.3 is 21.8 Å². The average molecular weight is 548 g/mol. The number of nitrogens with two attached hydrogens (primary N) is 1. The Kier molecular flexibility index (Phi) is 10.0. The standard InChI is InChI=1S/C16H16N8O3.2BrH.H2O/c1-8(21-16(17)18)10-3-2-9(6-13(10)24(26)27)15(25)22-12-4-5-19-14-11(12)7-20-23-14;;;/h2-8H,1H3,(H4,17,18,21)(H2,19,20,22,23,25);2*1H;1H2/t8-;;;/m1.../s1. The smallest absolute Gasteiger partial charge is 0.275 e. The molecular formula is C16H20Br2N8O4. The highest BCUT2D eigenvalue weighted by Crippen LogP contribution is 2.27. The molecule has 1 amide bonds. The Balaban J connectivity index is 0.00000280. The van der Waals surface area contributed by atoms with E-state index in [2.05, 4.69) is 25.8 Å². The van der Waals surface area contributed by atoms with E-state index in [1.165, 1.54) is 30.6 Å². The van der Waals surface area contributed by atoms with Crippen LogP contribution in [0, 0.1) is 15.5 Å². The molecule has 1 atom stereocenters. The second kappa shape index (κ2) is 11.2. The number of fused-ring (bicyclic) bond motifs is 1. The van der Waals surface area contributed by atoms with Gasteiger partial charge in [-0.15, -0.1) is 34.0 Å². The van der Waals surface area contributed by atoms with Gasteiger partial charge in [-0.1, -0.05) is 0 Å². The fourth-order valence-electron chi connectivity index (χ4n) is 2.67. The Hall–Kier alpha value is -3.10. The van der Waals surface area contributed by atoms with Crippen molar-refractivity contribution in [1.82, 2.24) is 20.5 Å². The van der Waals surface area contributed by atoms with Crippen LogP contribution in [-0.4, -0.2) is 37.4 Å². The molecule has 8 N–H and O–H groups in total. The predicted octanol–water partition coefficient (Wildman–Crippen LogP) is 1.99. The molecule has 0 fully saturated rings. The highest BCUT2D eigenvalue weighted by Gasteiger charge is 2.22. The van der Waals surface area contributed by atoms with Crippen LogP contribution in [0.1, 0.15) is 28.9 Å². The Morgan fingerprint density at radius 2 is 2.03 bits per heavy atom. The van der Waals surface area contributed by atoms with E-state index in [0.29, 0.717) is 22.3 Å². The number of anilines is 1. The molecule has 3 aromatic rings. The van der Waals surface area contributed by atoms with Gasteiger partial charge in [-0.2, -0.15) is 5.10 Å². The van der Waals surface area contributed by atoms with E-state index in [1.807, 2.05) is 0 Å². The number of aromatic nitrogens is 3. The highest BCUT2D eigenvalue weighted by molar-refractivity contribution is 8.93. The number of nitrogens with zero attached hydrogens (tertiary/aromatic N) is 3. The predicted molar refractivity (Wildman–Crippen MR) is 123 cm³/mol. The van der Waals surface area contributed by atoms with E-state index in [-0.39, 0.29) is 56.6 Å². The molecule has 2 heterocycles. The molecule has 0 aliphatic carbocycles. The molecule has 0 radical (unpaired) electrons. The summed E-state index contributed by atoms with van der Waals surface area (Å²) in [6, 6.07) is 5.18. The molecule has 162 valence electrons. The van der Waals surface area contributed by atoms with Crippen molar-refractivity contribution in [2.24, 2.45) is 5.73 Å². The SMILES string of the molecule is Br.Br.C[C@@H](NC(=N)N)c1ccc(C(=O)Nc2ccnc3[nH]ncc23)cc1[N+](=O)[O-].O. The van der Waals surface area contributed by atoms with Crippen molar-refractivity contribution in [2.75, 3.05) is 5.32 Å². The number of hydrogen-bond donors (Lipinski definition) is 5. The van der Waals surface area contributed by atoms with Gasteiger partial charge in [-0.25, -0.2) is 4.98 Å². The summed E-state index contributed by atoms with van der Waals surface area (Å²) in [7, 11) is 0. The molecular weight excluding hydrogens is 528 g/mol. The average Bonchev–Trinajstić information content (AvgIpc) is 3.10. The minimum atomic E-state index is -0.578. The Morgan fingerprint density at radius 3 is 2.67 bits per heavy atom. The summed E-state index contributed by atoms with van der Waals surface area (Å²) in [6.45, 7) is 1.64. The molecule has 12 nitrogen and oxygen atoms in total. The summed E-state index contributed by atoms with van der Waals surface area (Å²) >= 11 is 0. The molecule has 1 aromatic carbocycles. The second-order valence-electron chi connectivity index (χ2n) is 5.76. The van der Waals surface area contributed by atoms with Crippen LogP contribution >= 0.6 is 34.0 Å². The maximum Gasteiger partial charge on any atom is 0.275 e. The zero-order valence-corrected chi connectivity index (χ0v) is 18.9. The Morgan fingerprint density at radius 1 is 1.33 bits per heavy atom. The largest absolute Gasteiger partial charge is 0.412 e. The summed E-state index contributed by atoms with van der Waals surface area (Å²) in [5.41, 5.74) is 6.47. The van der Waals surface area contributed by atoms with Crippen molar-refractivity contribution in [1.29, 1.82) is 5.41 Å². The lowest BCUT2D eigenvalue weighted by molar-refractivity contribution is -0.385. The van der Waals surface area contributed by atoms with E-state index in [0.717, 1.165) is 0 Å². The van der Waals surface area contributed by atoms with Gasteiger partial charge in [0.25, 0.3) is 11.6 Å². The maximum atomic E-state index is 12.6. The van der Waals surface area contributed by atoms with Gasteiger partial charge in [0.15, 0.2) is 11.6 Å². The van der Waals surface area contributed by atoms with Gasteiger partial charge in [0.2, 0.25) is 0 Å². The number of guanidine groups is 1. The molecule has 0 saturated carbocycles. The number of amides is 1. The third-order valence-electron chi connectivity index (χ3n) is 3.93. The first-order chi connectivity index (χ1) is 12.9. The minimum absolute atomic E-state index is 0. The number of rotatable bonds is 5. The molecule has 3 rings (SSSR count). The number of carbonyl (C=O) groups is 1. The molecule has 2 aromatic heterocycles. The highest BCUT2D eigenvalue weighted by atomic mass is 79.9. The van der Waals surface area contributed by atoms with Crippen LogP contribution in [-0.2, 0) is 0 Å². The van der Waals surface area contributed by atoms with Crippen molar-refractivity contribution >= 4 is 68.2 Å². The van der Waals surface area contributed by atoms with E-state index in [1.54, 1.807) is 13.0 Å². The van der Waals surface area contributed by atoms with Crippen molar-refractivity contribution in [3.05, 3.63) is 57.9 Å². The van der Waals surface area contributed by atoms with Crippen LogP contribution < -0.4 is 16.4 Å². The lowest BCUT2D eigenvalue weighted by Gasteiger charge is -2.15. The van der Waals surface area contributed by atoms with E-state index in [9.17, 15) is 14.9 Å². The molecule has 14 heteroatoms. The van der Waals surface area contributed by atoms with Crippen molar-refractivity contribution in [3.63, 3.8) is 0 Å². The molecule has 0 unspecified atom stereocenters. The number of carbonyl (C=O) groups excluding carboxylic acids is 1. The van der Waals surface area contributed by atoms with E-state index in [4.69, 9.17) is 11.1 Å². The number of nitro groups is 1. The third-order valence-corrected chi connectivity index (χ3v) is 3.93. The first kappa shape index (κ1) is 26.9. The van der Waals surface area contributed by atoms with Gasteiger partial charge in [0.1, 0.15) is 0 Å².